The minimum atomic E-state index is 0.171. The summed E-state index contributed by atoms with van der Waals surface area (Å²) in [5.41, 5.74) is 1.63. The first-order valence-electron chi connectivity index (χ1n) is 5.92. The number of nitriles is 1. The average molecular weight is 266 g/mol. The summed E-state index contributed by atoms with van der Waals surface area (Å²) in [6.45, 7) is 6.29. The molecule has 0 fully saturated rings. The zero-order chi connectivity index (χ0) is 13.8. The fraction of sp³-hybridized carbons (Fsp3) is 0.500. The van der Waals surface area contributed by atoms with Crippen molar-refractivity contribution in [3.63, 3.8) is 0 Å². The van der Waals surface area contributed by atoms with E-state index in [4.69, 9.17) is 16.9 Å². The number of hydrogen-bond acceptors (Lipinski definition) is 3. The Morgan fingerprint density at radius 2 is 2.06 bits per heavy atom. The van der Waals surface area contributed by atoms with Gasteiger partial charge in [0.15, 0.2) is 0 Å². The quantitative estimate of drug-likeness (QED) is 0.889. The highest BCUT2D eigenvalue weighted by Crippen LogP contribution is 2.22. The molecule has 1 aromatic rings. The van der Waals surface area contributed by atoms with Gasteiger partial charge in [0.25, 0.3) is 0 Å². The second kappa shape index (κ2) is 6.08. The molecule has 0 saturated heterocycles. The molecule has 0 radical (unpaired) electrons. The Kier molecular flexibility index (Phi) is 5.01. The summed E-state index contributed by atoms with van der Waals surface area (Å²) in [6, 6.07) is 7.48. The number of nitrogens with zero attached hydrogens (tertiary/aromatic N) is 2. The predicted molar refractivity (Wildman–Crippen MR) is 77.0 cm³/mol. The van der Waals surface area contributed by atoms with E-state index in [1.807, 2.05) is 6.07 Å². The molecule has 1 aromatic carbocycles. The molecule has 0 heterocycles. The van der Waals surface area contributed by atoms with E-state index in [0.29, 0.717) is 10.6 Å². The Bertz CT molecular complexity index is 447. The van der Waals surface area contributed by atoms with Gasteiger partial charge in [-0.3, -0.25) is 0 Å². The maximum atomic E-state index is 8.81. The third kappa shape index (κ3) is 4.56. The predicted octanol–water partition coefficient (Wildman–Crippen LogP) is 3.21. The molecule has 0 aliphatic carbocycles. The van der Waals surface area contributed by atoms with Crippen LogP contribution in [0.2, 0.25) is 5.02 Å². The molecule has 98 valence electrons. The lowest BCUT2D eigenvalue weighted by Crippen LogP contribution is -2.34. The fourth-order valence-corrected chi connectivity index (χ4v) is 2.19. The molecule has 3 nitrogen and oxygen atoms in total. The zero-order valence-electron chi connectivity index (χ0n) is 11.4. The Morgan fingerprint density at radius 1 is 1.39 bits per heavy atom. The van der Waals surface area contributed by atoms with Gasteiger partial charge in [-0.1, -0.05) is 25.4 Å². The zero-order valence-corrected chi connectivity index (χ0v) is 12.2. The third-order valence-electron chi connectivity index (χ3n) is 2.60. The van der Waals surface area contributed by atoms with Gasteiger partial charge in [-0.15, -0.1) is 0 Å². The molecule has 0 aliphatic rings. The smallest absolute Gasteiger partial charge is 0.101 e. The summed E-state index contributed by atoms with van der Waals surface area (Å²) < 4.78 is 0. The van der Waals surface area contributed by atoms with Crippen LogP contribution in [0.3, 0.4) is 0 Å². The topological polar surface area (TPSA) is 39.1 Å². The standard InChI is InChI=1S/C14H20ClN3/c1-14(2,10-18(3)4)9-17-12-6-5-11(8-16)13(15)7-12/h5-7,17H,9-10H2,1-4H3. The highest BCUT2D eigenvalue weighted by atomic mass is 35.5. The van der Waals surface area contributed by atoms with Crippen LogP contribution in [0.5, 0.6) is 0 Å². The molecule has 0 amide bonds. The first-order chi connectivity index (χ1) is 8.34. The fourth-order valence-electron chi connectivity index (χ4n) is 1.97. The summed E-state index contributed by atoms with van der Waals surface area (Å²) in [6.07, 6.45) is 0. The first kappa shape index (κ1) is 14.8. The van der Waals surface area contributed by atoms with Gasteiger partial charge in [-0.25, -0.2) is 0 Å². The first-order valence-corrected chi connectivity index (χ1v) is 6.30. The van der Waals surface area contributed by atoms with Gasteiger partial charge in [-0.05, 0) is 37.7 Å². The van der Waals surface area contributed by atoms with Crippen molar-refractivity contribution in [1.29, 1.82) is 5.26 Å². The van der Waals surface area contributed by atoms with Crippen molar-refractivity contribution in [3.8, 4) is 6.07 Å². The highest BCUT2D eigenvalue weighted by Gasteiger charge is 2.18. The molecule has 0 unspecified atom stereocenters. The Hall–Kier alpha value is -1.24. The summed E-state index contributed by atoms with van der Waals surface area (Å²) in [5.74, 6) is 0. The van der Waals surface area contributed by atoms with Crippen LogP contribution in [0.1, 0.15) is 19.4 Å². The molecular weight excluding hydrogens is 246 g/mol. The molecule has 0 spiro atoms. The van der Waals surface area contributed by atoms with Crippen LogP contribution in [-0.4, -0.2) is 32.1 Å². The lowest BCUT2D eigenvalue weighted by atomic mass is 9.93. The van der Waals surface area contributed by atoms with Crippen LogP contribution >= 0.6 is 11.6 Å². The number of hydrogen-bond donors (Lipinski definition) is 1. The van der Waals surface area contributed by atoms with Gasteiger partial charge in [0.1, 0.15) is 6.07 Å². The molecule has 4 heteroatoms. The second-order valence-electron chi connectivity index (χ2n) is 5.56. The summed E-state index contributed by atoms with van der Waals surface area (Å²) >= 11 is 5.99. The Labute approximate surface area is 114 Å². The van der Waals surface area contributed by atoms with Gasteiger partial charge in [0.2, 0.25) is 0 Å². The van der Waals surface area contributed by atoms with Crippen LogP contribution in [0.25, 0.3) is 0 Å². The van der Waals surface area contributed by atoms with E-state index in [-0.39, 0.29) is 5.41 Å². The van der Waals surface area contributed by atoms with Crippen LogP contribution in [0.15, 0.2) is 18.2 Å². The van der Waals surface area contributed by atoms with Crippen molar-refractivity contribution >= 4 is 17.3 Å². The minimum Gasteiger partial charge on any atom is -0.384 e. The van der Waals surface area contributed by atoms with Crippen LogP contribution in [0, 0.1) is 16.7 Å². The van der Waals surface area contributed by atoms with Crippen molar-refractivity contribution in [2.75, 3.05) is 32.5 Å². The molecule has 0 atom stereocenters. The molecule has 1 N–H and O–H groups in total. The van der Waals surface area contributed by atoms with E-state index < -0.39 is 0 Å². The maximum absolute atomic E-state index is 8.81. The van der Waals surface area contributed by atoms with Crippen LogP contribution in [-0.2, 0) is 0 Å². The lowest BCUT2D eigenvalue weighted by Gasteiger charge is -2.29. The lowest BCUT2D eigenvalue weighted by molar-refractivity contribution is 0.254. The third-order valence-corrected chi connectivity index (χ3v) is 2.92. The Balaban J connectivity index is 2.64. The number of benzene rings is 1. The minimum absolute atomic E-state index is 0.171. The van der Waals surface area contributed by atoms with Crippen LogP contribution < -0.4 is 5.32 Å². The summed E-state index contributed by atoms with van der Waals surface area (Å²) in [5, 5.41) is 12.7. The Morgan fingerprint density at radius 3 is 2.56 bits per heavy atom. The summed E-state index contributed by atoms with van der Waals surface area (Å²) in [7, 11) is 4.14. The van der Waals surface area contributed by atoms with Gasteiger partial charge < -0.3 is 10.2 Å². The van der Waals surface area contributed by atoms with Crippen molar-refractivity contribution in [1.82, 2.24) is 4.90 Å². The van der Waals surface area contributed by atoms with Crippen molar-refractivity contribution in [3.05, 3.63) is 28.8 Å². The van der Waals surface area contributed by atoms with E-state index in [0.717, 1.165) is 18.8 Å². The van der Waals surface area contributed by atoms with Gasteiger partial charge in [0.05, 0.1) is 10.6 Å². The summed E-state index contributed by atoms with van der Waals surface area (Å²) in [4.78, 5) is 2.17. The van der Waals surface area contributed by atoms with E-state index >= 15 is 0 Å². The van der Waals surface area contributed by atoms with Crippen molar-refractivity contribution in [2.24, 2.45) is 5.41 Å². The molecule has 0 saturated carbocycles. The monoisotopic (exact) mass is 265 g/mol. The molecule has 0 aliphatic heterocycles. The normalized spacial score (nSPS) is 11.4. The van der Waals surface area contributed by atoms with Gasteiger partial charge in [-0.2, -0.15) is 5.26 Å². The van der Waals surface area contributed by atoms with E-state index in [9.17, 15) is 0 Å². The number of rotatable bonds is 5. The molecular formula is C14H20ClN3. The number of halogens is 1. The molecule has 0 aromatic heterocycles. The highest BCUT2D eigenvalue weighted by molar-refractivity contribution is 6.32. The maximum Gasteiger partial charge on any atom is 0.101 e. The second-order valence-corrected chi connectivity index (χ2v) is 5.97. The number of nitrogens with one attached hydrogen (secondary N) is 1. The SMILES string of the molecule is CN(C)CC(C)(C)CNc1ccc(C#N)c(Cl)c1. The number of anilines is 1. The van der Waals surface area contributed by atoms with E-state index in [2.05, 4.69) is 44.2 Å². The van der Waals surface area contributed by atoms with Gasteiger partial charge >= 0.3 is 0 Å². The van der Waals surface area contributed by atoms with Crippen LogP contribution in [0.4, 0.5) is 5.69 Å². The van der Waals surface area contributed by atoms with Crippen molar-refractivity contribution < 1.29 is 0 Å². The van der Waals surface area contributed by atoms with Crippen molar-refractivity contribution in [2.45, 2.75) is 13.8 Å². The van der Waals surface area contributed by atoms with E-state index in [1.54, 1.807) is 12.1 Å². The molecule has 0 bridgehead atoms. The van der Waals surface area contributed by atoms with Gasteiger partial charge in [0, 0.05) is 18.8 Å². The van der Waals surface area contributed by atoms with E-state index in [1.165, 1.54) is 0 Å². The molecule has 18 heavy (non-hydrogen) atoms. The largest absolute Gasteiger partial charge is 0.384 e. The average Bonchev–Trinajstić information content (AvgIpc) is 2.25. The molecule has 1 rings (SSSR count).